The van der Waals surface area contributed by atoms with Crippen LogP contribution < -0.4 is 5.73 Å². The van der Waals surface area contributed by atoms with Crippen LogP contribution in [0.1, 0.15) is 5.56 Å². The summed E-state index contributed by atoms with van der Waals surface area (Å²) >= 11 is 0. The molecule has 2 aromatic rings. The molecule has 1 unspecified atom stereocenters. The zero-order valence-electron chi connectivity index (χ0n) is 9.11. The molecule has 1 aromatic heterocycles. The molecule has 2 rings (SSSR count). The first-order valence-electron chi connectivity index (χ1n) is 5.30. The Kier molecular flexibility index (Phi) is 3.49. The minimum atomic E-state index is -2.52. The van der Waals surface area contributed by atoms with Crippen LogP contribution in [-0.4, -0.2) is 22.7 Å². The monoisotopic (exact) mass is 237 g/mol. The zero-order valence-corrected chi connectivity index (χ0v) is 9.11. The fourth-order valence-corrected chi connectivity index (χ4v) is 1.66. The van der Waals surface area contributed by atoms with Crippen LogP contribution in [0.3, 0.4) is 0 Å². The standard InChI is InChI=1S/C12H13F2N3/c13-12(14)10(15)6-9-7-16-17-11(9)8-4-2-1-3-5-8/h1-5,7,10,12H,6,15H2,(H,16,17). The molecule has 0 aliphatic heterocycles. The number of H-pyrrole nitrogens is 1. The van der Waals surface area contributed by atoms with Crippen molar-refractivity contribution in [1.82, 2.24) is 10.2 Å². The maximum atomic E-state index is 12.4. The normalized spacial score (nSPS) is 12.9. The molecule has 0 fully saturated rings. The van der Waals surface area contributed by atoms with E-state index < -0.39 is 12.5 Å². The van der Waals surface area contributed by atoms with Crippen LogP contribution in [0.4, 0.5) is 8.78 Å². The third kappa shape index (κ3) is 2.68. The van der Waals surface area contributed by atoms with E-state index in [9.17, 15) is 8.78 Å². The number of hydrogen-bond donors (Lipinski definition) is 2. The van der Waals surface area contributed by atoms with Crippen molar-refractivity contribution in [3.63, 3.8) is 0 Å². The number of aromatic amines is 1. The van der Waals surface area contributed by atoms with Crippen LogP contribution in [0.15, 0.2) is 36.5 Å². The third-order valence-corrected chi connectivity index (χ3v) is 2.56. The van der Waals surface area contributed by atoms with Gasteiger partial charge in [0.1, 0.15) is 0 Å². The van der Waals surface area contributed by atoms with Gasteiger partial charge >= 0.3 is 0 Å². The van der Waals surface area contributed by atoms with Crippen molar-refractivity contribution in [1.29, 1.82) is 0 Å². The van der Waals surface area contributed by atoms with Crippen molar-refractivity contribution in [3.05, 3.63) is 42.1 Å². The number of nitrogens with zero attached hydrogens (tertiary/aromatic N) is 1. The lowest BCUT2D eigenvalue weighted by Gasteiger charge is -2.10. The molecule has 3 N–H and O–H groups in total. The molecular formula is C12H13F2N3. The Morgan fingerprint density at radius 3 is 2.59 bits per heavy atom. The molecule has 0 amide bonds. The Hall–Kier alpha value is -1.75. The molecule has 90 valence electrons. The van der Waals surface area contributed by atoms with Gasteiger partial charge in [0.05, 0.1) is 17.9 Å². The van der Waals surface area contributed by atoms with Gasteiger partial charge in [0.2, 0.25) is 0 Å². The Balaban J connectivity index is 2.23. The quantitative estimate of drug-likeness (QED) is 0.856. The average Bonchev–Trinajstić information content (AvgIpc) is 2.78. The van der Waals surface area contributed by atoms with Gasteiger partial charge in [0.15, 0.2) is 0 Å². The van der Waals surface area contributed by atoms with Crippen LogP contribution >= 0.6 is 0 Å². The summed E-state index contributed by atoms with van der Waals surface area (Å²) in [6.07, 6.45) is -0.864. The Morgan fingerprint density at radius 2 is 1.94 bits per heavy atom. The summed E-state index contributed by atoms with van der Waals surface area (Å²) in [5.74, 6) is 0. The predicted octanol–water partition coefficient (Wildman–Crippen LogP) is 2.21. The van der Waals surface area contributed by atoms with E-state index in [2.05, 4.69) is 10.2 Å². The van der Waals surface area contributed by atoms with E-state index >= 15 is 0 Å². The summed E-state index contributed by atoms with van der Waals surface area (Å²) in [5.41, 5.74) is 7.74. The van der Waals surface area contributed by atoms with E-state index in [-0.39, 0.29) is 6.42 Å². The van der Waals surface area contributed by atoms with E-state index in [1.807, 2.05) is 30.3 Å². The number of alkyl halides is 2. The first-order valence-corrected chi connectivity index (χ1v) is 5.30. The Morgan fingerprint density at radius 1 is 1.24 bits per heavy atom. The number of nitrogens with one attached hydrogen (secondary N) is 1. The number of benzene rings is 1. The molecule has 3 nitrogen and oxygen atoms in total. The number of nitrogens with two attached hydrogens (primary N) is 1. The molecular weight excluding hydrogens is 224 g/mol. The fourth-order valence-electron chi connectivity index (χ4n) is 1.66. The molecule has 0 radical (unpaired) electrons. The SMILES string of the molecule is NC(Cc1cn[nH]c1-c1ccccc1)C(F)F. The van der Waals surface area contributed by atoms with Gasteiger partial charge in [-0.2, -0.15) is 5.10 Å². The molecule has 1 aromatic carbocycles. The van der Waals surface area contributed by atoms with Gasteiger partial charge in [0, 0.05) is 0 Å². The molecule has 0 aliphatic carbocycles. The average molecular weight is 237 g/mol. The van der Waals surface area contributed by atoms with Crippen molar-refractivity contribution in [2.45, 2.75) is 18.9 Å². The molecule has 0 bridgehead atoms. The maximum Gasteiger partial charge on any atom is 0.253 e. The second-order valence-electron chi connectivity index (χ2n) is 3.84. The summed E-state index contributed by atoms with van der Waals surface area (Å²) in [4.78, 5) is 0. The van der Waals surface area contributed by atoms with E-state index in [1.54, 1.807) is 6.20 Å². The summed E-state index contributed by atoms with van der Waals surface area (Å²) in [6, 6.07) is 8.29. The van der Waals surface area contributed by atoms with Crippen molar-refractivity contribution in [3.8, 4) is 11.3 Å². The minimum Gasteiger partial charge on any atom is -0.323 e. The van der Waals surface area contributed by atoms with Crippen LogP contribution in [-0.2, 0) is 6.42 Å². The number of halogens is 2. The highest BCUT2D eigenvalue weighted by atomic mass is 19.3. The lowest BCUT2D eigenvalue weighted by atomic mass is 10.0. The van der Waals surface area contributed by atoms with Crippen LogP contribution in [0, 0.1) is 0 Å². The van der Waals surface area contributed by atoms with Crippen LogP contribution in [0.25, 0.3) is 11.3 Å². The van der Waals surface area contributed by atoms with Crippen LogP contribution in [0.5, 0.6) is 0 Å². The molecule has 0 aliphatic rings. The molecule has 17 heavy (non-hydrogen) atoms. The highest BCUT2D eigenvalue weighted by Crippen LogP contribution is 2.22. The maximum absolute atomic E-state index is 12.4. The second-order valence-corrected chi connectivity index (χ2v) is 3.84. The van der Waals surface area contributed by atoms with Crippen molar-refractivity contribution < 1.29 is 8.78 Å². The van der Waals surface area contributed by atoms with Gasteiger partial charge in [-0.3, -0.25) is 5.10 Å². The topological polar surface area (TPSA) is 54.7 Å². The number of aromatic nitrogens is 2. The van der Waals surface area contributed by atoms with Crippen LogP contribution in [0.2, 0.25) is 0 Å². The smallest absolute Gasteiger partial charge is 0.253 e. The largest absolute Gasteiger partial charge is 0.323 e. The van der Waals surface area contributed by atoms with Crippen molar-refractivity contribution >= 4 is 0 Å². The van der Waals surface area contributed by atoms with Gasteiger partial charge in [-0.15, -0.1) is 0 Å². The molecule has 5 heteroatoms. The predicted molar refractivity (Wildman–Crippen MR) is 61.7 cm³/mol. The highest BCUT2D eigenvalue weighted by Gasteiger charge is 2.18. The Labute approximate surface area is 97.7 Å². The molecule has 1 heterocycles. The van der Waals surface area contributed by atoms with E-state index in [1.165, 1.54) is 0 Å². The molecule has 1 atom stereocenters. The molecule has 0 saturated heterocycles. The zero-order chi connectivity index (χ0) is 12.3. The summed E-state index contributed by atoms with van der Waals surface area (Å²) in [5, 5.41) is 6.70. The minimum absolute atomic E-state index is 0.110. The van der Waals surface area contributed by atoms with Crippen molar-refractivity contribution in [2.24, 2.45) is 5.73 Å². The first-order chi connectivity index (χ1) is 8.18. The highest BCUT2D eigenvalue weighted by molar-refractivity contribution is 5.62. The number of hydrogen-bond acceptors (Lipinski definition) is 2. The van der Waals surface area contributed by atoms with E-state index in [0.717, 1.165) is 11.3 Å². The first kappa shape index (κ1) is 11.7. The Bertz CT molecular complexity index is 468. The summed E-state index contributed by atoms with van der Waals surface area (Å²) < 4.78 is 24.8. The molecule has 0 spiro atoms. The second kappa shape index (κ2) is 5.05. The van der Waals surface area contributed by atoms with Crippen molar-refractivity contribution in [2.75, 3.05) is 0 Å². The van der Waals surface area contributed by atoms with E-state index in [0.29, 0.717) is 5.56 Å². The lowest BCUT2D eigenvalue weighted by Crippen LogP contribution is -2.30. The van der Waals surface area contributed by atoms with Gasteiger partial charge in [-0.05, 0) is 17.5 Å². The molecule has 0 saturated carbocycles. The lowest BCUT2D eigenvalue weighted by molar-refractivity contribution is 0.116. The third-order valence-electron chi connectivity index (χ3n) is 2.56. The van der Waals surface area contributed by atoms with Gasteiger partial charge in [-0.25, -0.2) is 8.78 Å². The van der Waals surface area contributed by atoms with Gasteiger partial charge < -0.3 is 5.73 Å². The fraction of sp³-hybridized carbons (Fsp3) is 0.250. The van der Waals surface area contributed by atoms with Gasteiger partial charge in [-0.1, -0.05) is 30.3 Å². The summed E-state index contributed by atoms with van der Waals surface area (Å²) in [7, 11) is 0. The van der Waals surface area contributed by atoms with E-state index in [4.69, 9.17) is 5.73 Å². The number of rotatable bonds is 4. The summed E-state index contributed by atoms with van der Waals surface area (Å²) in [6.45, 7) is 0. The van der Waals surface area contributed by atoms with Gasteiger partial charge in [0.25, 0.3) is 6.43 Å².